The Morgan fingerprint density at radius 1 is 1.53 bits per heavy atom. The molecule has 1 saturated heterocycles. The molecule has 92 valence electrons. The highest BCUT2D eigenvalue weighted by Gasteiger charge is 2.28. The fourth-order valence-electron chi connectivity index (χ4n) is 1.97. The van der Waals surface area contributed by atoms with Crippen LogP contribution in [0, 0.1) is 13.8 Å². The fourth-order valence-corrected chi connectivity index (χ4v) is 1.97. The van der Waals surface area contributed by atoms with Gasteiger partial charge in [-0.2, -0.15) is 5.10 Å². The van der Waals surface area contributed by atoms with E-state index in [-0.39, 0.29) is 11.5 Å². The number of aromatic amines is 1. The summed E-state index contributed by atoms with van der Waals surface area (Å²) >= 11 is 0. The molecule has 1 aliphatic heterocycles. The Kier molecular flexibility index (Phi) is 2.97. The lowest BCUT2D eigenvalue weighted by molar-refractivity contribution is 0.0762. The Morgan fingerprint density at radius 2 is 2.24 bits per heavy atom. The summed E-state index contributed by atoms with van der Waals surface area (Å²) in [5, 5.41) is 15.5. The fraction of sp³-hybridized carbons (Fsp3) is 0.545. The summed E-state index contributed by atoms with van der Waals surface area (Å²) in [5.41, 5.74) is 0.888. The highest BCUT2D eigenvalue weighted by Crippen LogP contribution is 2.14. The Balaban J connectivity index is 2.37. The number of aryl methyl sites for hydroxylation is 1. The Morgan fingerprint density at radius 3 is 2.82 bits per heavy atom. The van der Waals surface area contributed by atoms with Crippen molar-refractivity contribution in [1.29, 1.82) is 0 Å². The topological polar surface area (TPSA) is 86.3 Å². The highest BCUT2D eigenvalue weighted by atomic mass is 16.3. The number of hydrogen-bond acceptors (Lipinski definition) is 4. The molecule has 0 radical (unpaired) electrons. The minimum atomic E-state index is -0.485. The van der Waals surface area contributed by atoms with Crippen LogP contribution in [0.25, 0.3) is 0 Å². The van der Waals surface area contributed by atoms with Crippen LogP contribution < -0.4 is 5.56 Å². The zero-order valence-corrected chi connectivity index (χ0v) is 9.86. The smallest absolute Gasteiger partial charge is 0.277 e. The van der Waals surface area contributed by atoms with Gasteiger partial charge in [-0.05, 0) is 25.8 Å². The summed E-state index contributed by atoms with van der Waals surface area (Å²) < 4.78 is 0. The summed E-state index contributed by atoms with van der Waals surface area (Å²) in [6.07, 6.45) is 0.0773. The summed E-state index contributed by atoms with van der Waals surface area (Å²) in [6.45, 7) is 4.22. The number of aliphatic hydroxyl groups is 1. The number of amides is 1. The van der Waals surface area contributed by atoms with Crippen molar-refractivity contribution in [2.24, 2.45) is 0 Å². The molecule has 0 spiro atoms. The van der Waals surface area contributed by atoms with Crippen LogP contribution in [0.15, 0.2) is 4.79 Å². The van der Waals surface area contributed by atoms with Crippen molar-refractivity contribution in [2.75, 3.05) is 13.1 Å². The maximum atomic E-state index is 12.2. The molecule has 2 N–H and O–H groups in total. The lowest BCUT2D eigenvalue weighted by Gasteiger charge is -2.16. The van der Waals surface area contributed by atoms with Gasteiger partial charge in [0.1, 0.15) is 5.56 Å². The molecule has 1 aromatic rings. The molecule has 1 fully saturated rings. The second-order valence-corrected chi connectivity index (χ2v) is 4.33. The van der Waals surface area contributed by atoms with E-state index in [0.717, 1.165) is 0 Å². The molecular weight excluding hydrogens is 222 g/mol. The molecule has 0 aliphatic carbocycles. The molecule has 0 aromatic carbocycles. The summed E-state index contributed by atoms with van der Waals surface area (Å²) in [7, 11) is 0. The van der Waals surface area contributed by atoms with Crippen molar-refractivity contribution in [3.8, 4) is 0 Å². The van der Waals surface area contributed by atoms with Crippen LogP contribution in [0.3, 0.4) is 0 Å². The SMILES string of the molecule is Cc1n[nH]c(=O)c(C(=O)N2CCC(O)C2)c1C. The largest absolute Gasteiger partial charge is 0.391 e. The van der Waals surface area contributed by atoms with E-state index < -0.39 is 11.7 Å². The van der Waals surface area contributed by atoms with Gasteiger partial charge in [-0.3, -0.25) is 9.59 Å². The first-order valence-electron chi connectivity index (χ1n) is 5.54. The molecular formula is C11H15N3O3. The van der Waals surface area contributed by atoms with Gasteiger partial charge in [0.15, 0.2) is 0 Å². The average molecular weight is 237 g/mol. The number of hydrogen-bond donors (Lipinski definition) is 2. The quantitative estimate of drug-likeness (QED) is 0.695. The summed E-state index contributed by atoms with van der Waals surface area (Å²) in [4.78, 5) is 25.3. The molecule has 1 atom stereocenters. The Labute approximate surface area is 98.3 Å². The van der Waals surface area contributed by atoms with Gasteiger partial charge in [-0.15, -0.1) is 0 Å². The van der Waals surface area contributed by atoms with Crippen LogP contribution in [-0.4, -0.2) is 45.3 Å². The van der Waals surface area contributed by atoms with Crippen LogP contribution in [0.1, 0.15) is 28.0 Å². The number of likely N-dealkylation sites (tertiary alicyclic amines) is 1. The third-order valence-corrected chi connectivity index (χ3v) is 3.13. The number of β-amino-alcohol motifs (C(OH)–C–C–N with tert-alkyl or cyclic N) is 1. The van der Waals surface area contributed by atoms with Gasteiger partial charge in [0, 0.05) is 13.1 Å². The second-order valence-electron chi connectivity index (χ2n) is 4.33. The van der Waals surface area contributed by atoms with Crippen molar-refractivity contribution in [3.63, 3.8) is 0 Å². The first-order chi connectivity index (χ1) is 8.00. The molecule has 6 heteroatoms. The van der Waals surface area contributed by atoms with Crippen molar-refractivity contribution in [1.82, 2.24) is 15.1 Å². The predicted octanol–water partition coefficient (Wildman–Crippen LogP) is -0.406. The van der Waals surface area contributed by atoms with Crippen LogP contribution in [0.4, 0.5) is 0 Å². The van der Waals surface area contributed by atoms with Gasteiger partial charge < -0.3 is 10.0 Å². The molecule has 2 rings (SSSR count). The van der Waals surface area contributed by atoms with E-state index in [1.165, 1.54) is 4.90 Å². The Hall–Kier alpha value is -1.69. The number of carbonyl (C=O) groups is 1. The molecule has 1 amide bonds. The van der Waals surface area contributed by atoms with Crippen LogP contribution in [0.2, 0.25) is 0 Å². The molecule has 0 bridgehead atoms. The number of H-pyrrole nitrogens is 1. The molecule has 17 heavy (non-hydrogen) atoms. The Bertz CT molecular complexity index is 509. The predicted molar refractivity (Wildman–Crippen MR) is 60.9 cm³/mol. The van der Waals surface area contributed by atoms with Crippen LogP contribution >= 0.6 is 0 Å². The number of nitrogens with one attached hydrogen (secondary N) is 1. The van der Waals surface area contributed by atoms with E-state index in [0.29, 0.717) is 30.8 Å². The molecule has 1 aliphatic rings. The number of aliphatic hydroxyl groups excluding tert-OH is 1. The van der Waals surface area contributed by atoms with E-state index in [4.69, 9.17) is 0 Å². The van der Waals surface area contributed by atoms with E-state index >= 15 is 0 Å². The monoisotopic (exact) mass is 237 g/mol. The van der Waals surface area contributed by atoms with Crippen molar-refractivity contribution in [3.05, 3.63) is 27.2 Å². The summed E-state index contributed by atoms with van der Waals surface area (Å²) in [5.74, 6) is -0.328. The van der Waals surface area contributed by atoms with E-state index in [9.17, 15) is 14.7 Å². The molecule has 6 nitrogen and oxygen atoms in total. The lowest BCUT2D eigenvalue weighted by atomic mass is 10.1. The van der Waals surface area contributed by atoms with Gasteiger partial charge >= 0.3 is 0 Å². The van der Waals surface area contributed by atoms with Gasteiger partial charge in [0.2, 0.25) is 0 Å². The lowest BCUT2D eigenvalue weighted by Crippen LogP contribution is -2.35. The van der Waals surface area contributed by atoms with Gasteiger partial charge in [-0.25, -0.2) is 5.10 Å². The van der Waals surface area contributed by atoms with Crippen molar-refractivity contribution >= 4 is 5.91 Å². The first kappa shape index (κ1) is 11.8. The van der Waals surface area contributed by atoms with Gasteiger partial charge in [-0.1, -0.05) is 0 Å². The van der Waals surface area contributed by atoms with Crippen LogP contribution in [0.5, 0.6) is 0 Å². The minimum absolute atomic E-state index is 0.131. The van der Waals surface area contributed by atoms with E-state index in [2.05, 4.69) is 10.2 Å². The third kappa shape index (κ3) is 2.08. The van der Waals surface area contributed by atoms with Crippen molar-refractivity contribution in [2.45, 2.75) is 26.4 Å². The summed E-state index contributed by atoms with van der Waals surface area (Å²) in [6, 6.07) is 0. The van der Waals surface area contributed by atoms with Crippen LogP contribution in [-0.2, 0) is 0 Å². The van der Waals surface area contributed by atoms with E-state index in [1.807, 2.05) is 0 Å². The minimum Gasteiger partial charge on any atom is -0.391 e. The number of rotatable bonds is 1. The maximum absolute atomic E-state index is 12.2. The molecule has 2 heterocycles. The molecule has 1 unspecified atom stereocenters. The van der Waals surface area contributed by atoms with Gasteiger partial charge in [0.25, 0.3) is 11.5 Å². The average Bonchev–Trinajstić information content (AvgIpc) is 2.71. The number of nitrogens with zero attached hydrogens (tertiary/aromatic N) is 2. The highest BCUT2D eigenvalue weighted by molar-refractivity contribution is 5.95. The van der Waals surface area contributed by atoms with Gasteiger partial charge in [0.05, 0.1) is 11.8 Å². The van der Waals surface area contributed by atoms with Crippen molar-refractivity contribution < 1.29 is 9.90 Å². The normalized spacial score (nSPS) is 19.7. The number of carbonyl (C=O) groups excluding carboxylic acids is 1. The number of aromatic nitrogens is 2. The van der Waals surface area contributed by atoms with E-state index in [1.54, 1.807) is 13.8 Å². The molecule has 0 saturated carbocycles. The standard InChI is InChI=1S/C11H15N3O3/c1-6-7(2)12-13-10(16)9(6)11(17)14-4-3-8(15)5-14/h8,15H,3-5H2,1-2H3,(H,13,16). The molecule has 1 aromatic heterocycles. The second kappa shape index (κ2) is 4.29. The zero-order valence-electron chi connectivity index (χ0n) is 9.86. The maximum Gasteiger partial charge on any atom is 0.277 e. The first-order valence-corrected chi connectivity index (χ1v) is 5.54. The third-order valence-electron chi connectivity index (χ3n) is 3.13. The zero-order chi connectivity index (χ0) is 12.6.